The number of hydrogen-bond donors (Lipinski definition) is 1. The van der Waals surface area contributed by atoms with Gasteiger partial charge in [-0.3, -0.25) is 4.79 Å². The molecule has 0 saturated carbocycles. The van der Waals surface area contributed by atoms with Gasteiger partial charge in [0.25, 0.3) is 0 Å². The van der Waals surface area contributed by atoms with E-state index in [9.17, 15) is 4.79 Å². The van der Waals surface area contributed by atoms with Gasteiger partial charge in [-0.15, -0.1) is 0 Å². The number of halogens is 2. The Balaban J connectivity index is 2.07. The molecular weight excluding hydrogens is 345 g/mol. The first-order valence-corrected chi connectivity index (χ1v) is 8.69. The van der Waals surface area contributed by atoms with Crippen molar-refractivity contribution < 1.29 is 9.53 Å². The Morgan fingerprint density at radius 2 is 1.92 bits per heavy atom. The van der Waals surface area contributed by atoms with E-state index in [1.54, 1.807) is 12.1 Å². The summed E-state index contributed by atoms with van der Waals surface area (Å²) in [5.41, 5.74) is 1.57. The number of benzene rings is 2. The van der Waals surface area contributed by atoms with Crippen molar-refractivity contribution in [3.8, 4) is 5.75 Å². The van der Waals surface area contributed by atoms with E-state index in [1.165, 1.54) is 0 Å². The van der Waals surface area contributed by atoms with Crippen molar-refractivity contribution >= 4 is 29.5 Å². The zero-order valence-electron chi connectivity index (χ0n) is 13.6. The molecular formula is C19H21Cl2NO2. The molecule has 1 unspecified atom stereocenters. The Morgan fingerprint density at radius 3 is 2.67 bits per heavy atom. The van der Waals surface area contributed by atoms with Gasteiger partial charge in [0, 0.05) is 0 Å². The molecule has 1 N–H and O–H groups in total. The van der Waals surface area contributed by atoms with Crippen molar-refractivity contribution in [2.45, 2.75) is 25.4 Å². The van der Waals surface area contributed by atoms with E-state index in [0.29, 0.717) is 21.4 Å². The number of carbonyl (C=O) groups is 1. The molecule has 1 atom stereocenters. The number of ether oxygens (including phenoxy) is 1. The van der Waals surface area contributed by atoms with Gasteiger partial charge >= 0.3 is 0 Å². The van der Waals surface area contributed by atoms with Crippen LogP contribution in [0.4, 0.5) is 0 Å². The van der Waals surface area contributed by atoms with Crippen molar-refractivity contribution in [1.82, 2.24) is 5.32 Å². The van der Waals surface area contributed by atoms with Gasteiger partial charge in [0.15, 0.2) is 6.29 Å². The van der Waals surface area contributed by atoms with Gasteiger partial charge in [-0.25, -0.2) is 0 Å². The summed E-state index contributed by atoms with van der Waals surface area (Å²) in [7, 11) is 1.91. The number of rotatable bonds is 9. The maximum absolute atomic E-state index is 11.2. The lowest BCUT2D eigenvalue weighted by Crippen LogP contribution is -2.23. The van der Waals surface area contributed by atoms with Crippen molar-refractivity contribution in [2.24, 2.45) is 0 Å². The molecule has 128 valence electrons. The summed E-state index contributed by atoms with van der Waals surface area (Å²) in [6.45, 7) is 0.831. The van der Waals surface area contributed by atoms with Gasteiger partial charge in [-0.2, -0.15) is 0 Å². The quantitative estimate of drug-likeness (QED) is 0.648. The zero-order chi connectivity index (χ0) is 17.4. The third-order valence-electron chi connectivity index (χ3n) is 3.82. The van der Waals surface area contributed by atoms with Crippen LogP contribution in [-0.4, -0.2) is 26.0 Å². The van der Waals surface area contributed by atoms with E-state index in [-0.39, 0.29) is 6.10 Å². The minimum Gasteiger partial charge on any atom is -0.490 e. The van der Waals surface area contributed by atoms with Crippen LogP contribution in [-0.2, 0) is 6.42 Å². The molecule has 2 aromatic rings. The highest BCUT2D eigenvalue weighted by Gasteiger charge is 2.14. The lowest BCUT2D eigenvalue weighted by atomic mass is 10.0. The van der Waals surface area contributed by atoms with Crippen molar-refractivity contribution in [3.63, 3.8) is 0 Å². The van der Waals surface area contributed by atoms with Crippen molar-refractivity contribution in [1.29, 1.82) is 0 Å². The molecule has 0 aliphatic carbocycles. The minimum absolute atomic E-state index is 0.0198. The molecule has 0 heterocycles. The third-order valence-corrected chi connectivity index (χ3v) is 4.68. The van der Waals surface area contributed by atoms with Crippen LogP contribution in [0.15, 0.2) is 42.5 Å². The van der Waals surface area contributed by atoms with Crippen LogP contribution in [0.5, 0.6) is 5.75 Å². The Morgan fingerprint density at radius 1 is 1.12 bits per heavy atom. The first kappa shape index (κ1) is 18.8. The molecule has 2 aromatic carbocycles. The lowest BCUT2D eigenvalue weighted by Gasteiger charge is -2.20. The second kappa shape index (κ2) is 9.67. The highest BCUT2D eigenvalue weighted by Crippen LogP contribution is 2.27. The molecule has 2 rings (SSSR count). The number of hydrogen-bond acceptors (Lipinski definition) is 3. The fourth-order valence-corrected chi connectivity index (χ4v) is 2.90. The van der Waals surface area contributed by atoms with Gasteiger partial charge in [-0.1, -0.05) is 47.5 Å². The molecule has 5 heteroatoms. The average Bonchev–Trinajstić information content (AvgIpc) is 2.60. The van der Waals surface area contributed by atoms with Crippen LogP contribution in [0.25, 0.3) is 0 Å². The van der Waals surface area contributed by atoms with Gasteiger partial charge in [0.1, 0.15) is 11.9 Å². The van der Waals surface area contributed by atoms with E-state index in [0.717, 1.165) is 37.7 Å². The largest absolute Gasteiger partial charge is 0.490 e. The van der Waals surface area contributed by atoms with Gasteiger partial charge in [-0.05, 0) is 56.6 Å². The van der Waals surface area contributed by atoms with Gasteiger partial charge < -0.3 is 10.1 Å². The van der Waals surface area contributed by atoms with Crippen LogP contribution < -0.4 is 10.1 Å². The first-order chi connectivity index (χ1) is 11.7. The van der Waals surface area contributed by atoms with E-state index in [4.69, 9.17) is 27.9 Å². The molecule has 0 bridgehead atoms. The molecule has 3 nitrogen and oxygen atoms in total. The summed E-state index contributed by atoms with van der Waals surface area (Å²) in [4.78, 5) is 11.2. The summed E-state index contributed by atoms with van der Waals surface area (Å²) < 4.78 is 6.08. The Bertz CT molecular complexity index is 676. The summed E-state index contributed by atoms with van der Waals surface area (Å²) in [5, 5.41) is 4.29. The molecule has 0 spiro atoms. The molecule has 0 saturated heterocycles. The van der Waals surface area contributed by atoms with E-state index < -0.39 is 0 Å². The Labute approximate surface area is 152 Å². The maximum Gasteiger partial charge on any atom is 0.153 e. The average molecular weight is 366 g/mol. The smallest absolute Gasteiger partial charge is 0.153 e. The van der Waals surface area contributed by atoms with Crippen LogP contribution in [0.3, 0.4) is 0 Å². The predicted molar refractivity (Wildman–Crippen MR) is 99.6 cm³/mol. The topological polar surface area (TPSA) is 38.3 Å². The summed E-state index contributed by atoms with van der Waals surface area (Å²) in [6, 6.07) is 12.9. The molecule has 24 heavy (non-hydrogen) atoms. The fraction of sp³-hybridized carbons (Fsp3) is 0.316. The first-order valence-electron chi connectivity index (χ1n) is 7.94. The second-order valence-electron chi connectivity index (χ2n) is 5.54. The van der Waals surface area contributed by atoms with Crippen molar-refractivity contribution in [2.75, 3.05) is 13.6 Å². The number of aldehydes is 1. The van der Waals surface area contributed by atoms with E-state index in [1.807, 2.05) is 37.4 Å². The number of nitrogens with one attached hydrogen (secondary N) is 1. The highest BCUT2D eigenvalue weighted by molar-refractivity contribution is 6.42. The third kappa shape index (κ3) is 5.23. The minimum atomic E-state index is -0.0198. The molecule has 0 fully saturated rings. The standard InChI is InChI=1S/C19H21Cl2NO2/c1-22-12-11-16(24-18-8-3-2-5-15(18)13-23)10-9-14-6-4-7-17(20)19(14)21/h2-8,13,16,22H,9-12H2,1H3. The molecule has 0 aromatic heterocycles. The molecule has 0 radical (unpaired) electrons. The van der Waals surface area contributed by atoms with Crippen LogP contribution in [0, 0.1) is 0 Å². The summed E-state index contributed by atoms with van der Waals surface area (Å²) in [6.07, 6.45) is 3.18. The van der Waals surface area contributed by atoms with Gasteiger partial charge in [0.05, 0.1) is 15.6 Å². The van der Waals surface area contributed by atoms with E-state index >= 15 is 0 Å². The number of carbonyl (C=O) groups excluding carboxylic acids is 1. The SMILES string of the molecule is CNCCC(CCc1cccc(Cl)c1Cl)Oc1ccccc1C=O. The number of aryl methyl sites for hydroxylation is 1. The Kier molecular flexibility index (Phi) is 7.57. The van der Waals surface area contributed by atoms with Crippen LogP contribution in [0.1, 0.15) is 28.8 Å². The monoisotopic (exact) mass is 365 g/mol. The summed E-state index contributed by atoms with van der Waals surface area (Å²) >= 11 is 12.3. The second-order valence-corrected chi connectivity index (χ2v) is 6.32. The zero-order valence-corrected chi connectivity index (χ0v) is 15.1. The van der Waals surface area contributed by atoms with Crippen LogP contribution in [0.2, 0.25) is 10.0 Å². The highest BCUT2D eigenvalue weighted by atomic mass is 35.5. The Hall–Kier alpha value is -1.55. The number of para-hydroxylation sites is 1. The lowest BCUT2D eigenvalue weighted by molar-refractivity contribution is 0.111. The van der Waals surface area contributed by atoms with Crippen LogP contribution >= 0.6 is 23.2 Å². The molecule has 0 aliphatic heterocycles. The maximum atomic E-state index is 11.2. The normalized spacial score (nSPS) is 12.0. The summed E-state index contributed by atoms with van der Waals surface area (Å²) in [5.74, 6) is 0.616. The van der Waals surface area contributed by atoms with Gasteiger partial charge in [0.2, 0.25) is 0 Å². The predicted octanol–water partition coefficient (Wildman–Crippen LogP) is 4.80. The molecule has 0 aliphatic rings. The fourth-order valence-electron chi connectivity index (χ4n) is 2.49. The molecule has 0 amide bonds. The van der Waals surface area contributed by atoms with Crippen molar-refractivity contribution in [3.05, 3.63) is 63.6 Å². The van der Waals surface area contributed by atoms with E-state index in [2.05, 4.69) is 5.32 Å².